The summed E-state index contributed by atoms with van der Waals surface area (Å²) in [6.45, 7) is -0.00320. The van der Waals surface area contributed by atoms with E-state index in [4.69, 9.17) is 9.57 Å². The number of aliphatic hydroxyl groups is 1. The largest absolute Gasteiger partial charge is 0.392 e. The van der Waals surface area contributed by atoms with Gasteiger partial charge in [0.2, 0.25) is 0 Å². The van der Waals surface area contributed by atoms with E-state index in [2.05, 4.69) is 22.2 Å². The first-order chi connectivity index (χ1) is 14.1. The average molecular weight is 401 g/mol. The minimum Gasteiger partial charge on any atom is -0.392 e. The molecule has 4 rings (SSSR count). The van der Waals surface area contributed by atoms with Crippen molar-refractivity contribution in [2.24, 2.45) is 0 Å². The lowest BCUT2D eigenvalue weighted by Gasteiger charge is -2.16. The molecule has 8 heteroatoms. The zero-order valence-corrected chi connectivity index (χ0v) is 16.1. The fraction of sp³-hybridized carbons (Fsp3) is 0.381. The number of halogens is 1. The number of rotatable bonds is 6. The summed E-state index contributed by atoms with van der Waals surface area (Å²) in [6, 6.07) is 10.4. The Balaban J connectivity index is 1.46. The second kappa shape index (κ2) is 8.56. The van der Waals surface area contributed by atoms with Crippen molar-refractivity contribution in [3.63, 3.8) is 0 Å². The van der Waals surface area contributed by atoms with Gasteiger partial charge in [0.25, 0.3) is 5.91 Å². The molecule has 154 valence electrons. The molecule has 1 saturated heterocycles. The Bertz CT molecular complexity index is 907. The van der Waals surface area contributed by atoms with Crippen molar-refractivity contribution in [1.82, 2.24) is 16.1 Å². The fourth-order valence-electron chi connectivity index (χ4n) is 3.88. The average Bonchev–Trinajstić information content (AvgIpc) is 3.35. The molecule has 2 aliphatic rings. The monoisotopic (exact) mass is 401 g/mol. The molecule has 0 spiro atoms. The molecule has 1 aliphatic heterocycles. The molecule has 0 aromatic heterocycles. The van der Waals surface area contributed by atoms with Gasteiger partial charge in [-0.05, 0) is 35.6 Å². The van der Waals surface area contributed by atoms with Gasteiger partial charge in [0.15, 0.2) is 6.23 Å². The van der Waals surface area contributed by atoms with Gasteiger partial charge in [-0.15, -0.1) is 0 Å². The minimum atomic E-state index is -0.676. The third kappa shape index (κ3) is 4.03. The van der Waals surface area contributed by atoms with Gasteiger partial charge >= 0.3 is 0 Å². The number of methoxy groups -OCH3 is 1. The summed E-state index contributed by atoms with van der Waals surface area (Å²) < 4.78 is 19.4. The van der Waals surface area contributed by atoms with Crippen molar-refractivity contribution in [3.05, 3.63) is 70.0 Å². The Morgan fingerprint density at radius 1 is 1.38 bits per heavy atom. The van der Waals surface area contributed by atoms with E-state index in [9.17, 15) is 14.3 Å². The van der Waals surface area contributed by atoms with Crippen LogP contribution in [0.4, 0.5) is 4.39 Å². The first-order valence-corrected chi connectivity index (χ1v) is 9.58. The predicted molar refractivity (Wildman–Crippen MR) is 103 cm³/mol. The Morgan fingerprint density at radius 2 is 2.24 bits per heavy atom. The number of fused-ring (bicyclic) bond motifs is 1. The van der Waals surface area contributed by atoms with Crippen molar-refractivity contribution in [2.45, 2.75) is 37.9 Å². The quantitative estimate of drug-likeness (QED) is 0.590. The Kier molecular flexibility index (Phi) is 5.89. The third-order valence-corrected chi connectivity index (χ3v) is 5.38. The van der Waals surface area contributed by atoms with Crippen LogP contribution in [-0.4, -0.2) is 31.0 Å². The summed E-state index contributed by atoms with van der Waals surface area (Å²) in [7, 11) is 1.62. The SMILES string of the molecule is COCC1NC(c2ccc3c(c2)CC[C@H]3NC(=O)c2cccc(CO)c2F)NO1. The van der Waals surface area contributed by atoms with Gasteiger partial charge in [-0.25, -0.2) is 4.39 Å². The van der Waals surface area contributed by atoms with Gasteiger partial charge in [-0.2, -0.15) is 5.48 Å². The lowest BCUT2D eigenvalue weighted by Crippen LogP contribution is -2.29. The second-order valence-electron chi connectivity index (χ2n) is 7.24. The van der Waals surface area contributed by atoms with Gasteiger partial charge < -0.3 is 15.2 Å². The molecule has 1 amide bonds. The van der Waals surface area contributed by atoms with Gasteiger partial charge in [0, 0.05) is 12.7 Å². The number of carbonyl (C=O) groups excluding carboxylic acids is 1. The van der Waals surface area contributed by atoms with E-state index in [1.807, 2.05) is 12.1 Å². The second-order valence-corrected chi connectivity index (χ2v) is 7.24. The number of ether oxygens (including phenoxy) is 1. The van der Waals surface area contributed by atoms with Crippen molar-refractivity contribution in [3.8, 4) is 0 Å². The highest BCUT2D eigenvalue weighted by Gasteiger charge is 2.29. The molecule has 1 heterocycles. The van der Waals surface area contributed by atoms with E-state index in [0.29, 0.717) is 6.61 Å². The maximum atomic E-state index is 14.3. The number of aryl methyl sites for hydroxylation is 1. The van der Waals surface area contributed by atoms with Crippen LogP contribution in [-0.2, 0) is 22.6 Å². The number of carbonyl (C=O) groups is 1. The Hall–Kier alpha value is -2.36. The number of aliphatic hydroxyl groups excluding tert-OH is 1. The third-order valence-electron chi connectivity index (χ3n) is 5.38. The molecule has 4 N–H and O–H groups in total. The van der Waals surface area contributed by atoms with Crippen LogP contribution < -0.4 is 16.1 Å². The molecule has 2 aromatic rings. The Morgan fingerprint density at radius 3 is 3.03 bits per heavy atom. The molecular formula is C21H24FN3O4. The van der Waals surface area contributed by atoms with Crippen LogP contribution in [0.3, 0.4) is 0 Å². The maximum Gasteiger partial charge on any atom is 0.254 e. The van der Waals surface area contributed by atoms with E-state index in [-0.39, 0.29) is 29.6 Å². The summed E-state index contributed by atoms with van der Waals surface area (Å²) in [5, 5.41) is 15.4. The van der Waals surface area contributed by atoms with Gasteiger partial charge in [-0.1, -0.05) is 30.3 Å². The molecule has 0 bridgehead atoms. The van der Waals surface area contributed by atoms with Crippen molar-refractivity contribution >= 4 is 5.91 Å². The van der Waals surface area contributed by atoms with Crippen molar-refractivity contribution in [2.75, 3.05) is 13.7 Å². The van der Waals surface area contributed by atoms with E-state index < -0.39 is 18.3 Å². The maximum absolute atomic E-state index is 14.3. The summed E-state index contributed by atoms with van der Waals surface area (Å²) >= 11 is 0. The Labute approximate surface area is 168 Å². The van der Waals surface area contributed by atoms with Crippen molar-refractivity contribution < 1.29 is 23.9 Å². The molecule has 3 atom stereocenters. The number of benzene rings is 2. The zero-order chi connectivity index (χ0) is 20.4. The number of hydroxylamine groups is 1. The highest BCUT2D eigenvalue weighted by atomic mass is 19.1. The van der Waals surface area contributed by atoms with Crippen LogP contribution in [0.1, 0.15) is 51.2 Å². The molecule has 0 saturated carbocycles. The minimum absolute atomic E-state index is 0.0534. The smallest absolute Gasteiger partial charge is 0.254 e. The zero-order valence-electron chi connectivity index (χ0n) is 16.1. The fourth-order valence-corrected chi connectivity index (χ4v) is 3.88. The first kappa shape index (κ1) is 19.9. The summed E-state index contributed by atoms with van der Waals surface area (Å²) in [6.07, 6.45) is 1.22. The van der Waals surface area contributed by atoms with Crippen LogP contribution in [0.2, 0.25) is 0 Å². The molecule has 7 nitrogen and oxygen atoms in total. The van der Waals surface area contributed by atoms with E-state index in [1.165, 1.54) is 12.1 Å². The normalized spacial score (nSPS) is 23.2. The van der Waals surface area contributed by atoms with Gasteiger partial charge in [0.05, 0.1) is 24.8 Å². The molecule has 0 radical (unpaired) electrons. The van der Waals surface area contributed by atoms with Crippen LogP contribution >= 0.6 is 0 Å². The molecule has 2 unspecified atom stereocenters. The van der Waals surface area contributed by atoms with Crippen LogP contribution in [0.15, 0.2) is 36.4 Å². The van der Waals surface area contributed by atoms with E-state index in [0.717, 1.165) is 29.5 Å². The number of hydrogen-bond acceptors (Lipinski definition) is 6. The molecule has 29 heavy (non-hydrogen) atoms. The highest BCUT2D eigenvalue weighted by molar-refractivity contribution is 5.95. The van der Waals surface area contributed by atoms with E-state index >= 15 is 0 Å². The number of hydrogen-bond donors (Lipinski definition) is 4. The molecular weight excluding hydrogens is 377 g/mol. The van der Waals surface area contributed by atoms with Crippen molar-refractivity contribution in [1.29, 1.82) is 0 Å². The summed E-state index contributed by atoms with van der Waals surface area (Å²) in [5.41, 5.74) is 6.24. The van der Waals surface area contributed by atoms with Crippen LogP contribution in [0.5, 0.6) is 0 Å². The van der Waals surface area contributed by atoms with Crippen LogP contribution in [0, 0.1) is 5.82 Å². The topological polar surface area (TPSA) is 91.9 Å². The summed E-state index contributed by atoms with van der Waals surface area (Å²) in [4.78, 5) is 18.0. The first-order valence-electron chi connectivity index (χ1n) is 9.58. The predicted octanol–water partition coefficient (Wildman–Crippen LogP) is 1.83. The van der Waals surface area contributed by atoms with Crippen LogP contribution in [0.25, 0.3) is 0 Å². The molecule has 2 aromatic carbocycles. The van der Waals surface area contributed by atoms with E-state index in [1.54, 1.807) is 13.2 Å². The highest BCUT2D eigenvalue weighted by Crippen LogP contribution is 2.33. The molecule has 1 aliphatic carbocycles. The molecule has 1 fully saturated rings. The number of amides is 1. The lowest BCUT2D eigenvalue weighted by molar-refractivity contribution is -0.0198. The number of nitrogens with one attached hydrogen (secondary N) is 3. The van der Waals surface area contributed by atoms with Gasteiger partial charge in [0.1, 0.15) is 12.0 Å². The standard InChI is InChI=1S/C21H24FN3O4/c1-28-11-18-24-20(25-29-18)13-5-7-15-12(9-13)6-8-17(15)23-21(27)16-4-2-3-14(10-26)19(16)22/h2-5,7,9,17-18,20,24-26H,6,8,10-11H2,1H3,(H,23,27)/t17-,18?,20?/m1/s1. The lowest BCUT2D eigenvalue weighted by atomic mass is 10.0. The summed E-state index contributed by atoms with van der Waals surface area (Å²) in [5.74, 6) is -1.15. The van der Waals surface area contributed by atoms with Gasteiger partial charge in [-0.3, -0.25) is 14.9 Å².